The van der Waals surface area contributed by atoms with Crippen LogP contribution < -0.4 is 5.73 Å². The first kappa shape index (κ1) is 14.7. The predicted molar refractivity (Wildman–Crippen MR) is 62.1 cm³/mol. The van der Waals surface area contributed by atoms with Gasteiger partial charge in [0.15, 0.2) is 0 Å². The number of hydrogen-bond donors (Lipinski definition) is 1. The van der Waals surface area contributed by atoms with E-state index in [2.05, 4.69) is 13.8 Å². The normalized spacial score (nSPS) is 27.3. The molecule has 1 heterocycles. The van der Waals surface area contributed by atoms with E-state index in [0.29, 0.717) is 18.7 Å². The highest BCUT2D eigenvalue weighted by Gasteiger charge is 2.33. The number of rotatable bonds is 3. The lowest BCUT2D eigenvalue weighted by atomic mass is 10.2. The Balaban J connectivity index is 0.00000196. The Kier molecular flexibility index (Phi) is 6.17. The summed E-state index contributed by atoms with van der Waals surface area (Å²) in [4.78, 5) is 13.8. The van der Waals surface area contributed by atoms with E-state index in [-0.39, 0.29) is 18.3 Å². The van der Waals surface area contributed by atoms with Gasteiger partial charge in [-0.25, -0.2) is 0 Å². The number of carbonyl (C=O) groups excluding carboxylic acids is 1. The largest absolute Gasteiger partial charge is 0.383 e. The lowest BCUT2D eigenvalue weighted by molar-refractivity contribution is -0.136. The van der Waals surface area contributed by atoms with Gasteiger partial charge in [0.25, 0.3) is 0 Å². The quantitative estimate of drug-likeness (QED) is 0.788. The molecular formula is C10H21ClN2O2. The van der Waals surface area contributed by atoms with Crippen molar-refractivity contribution in [3.63, 3.8) is 0 Å². The smallest absolute Gasteiger partial charge is 0.242 e. The maximum Gasteiger partial charge on any atom is 0.242 e. The van der Waals surface area contributed by atoms with Gasteiger partial charge >= 0.3 is 0 Å². The highest BCUT2D eigenvalue weighted by molar-refractivity contribution is 5.85. The summed E-state index contributed by atoms with van der Waals surface area (Å²) in [6.07, 6.45) is 2.15. The van der Waals surface area contributed by atoms with Crippen LogP contribution in [-0.4, -0.2) is 42.6 Å². The third-order valence-electron chi connectivity index (χ3n) is 2.87. The van der Waals surface area contributed by atoms with Gasteiger partial charge in [-0.3, -0.25) is 4.79 Å². The Morgan fingerprint density at radius 2 is 1.93 bits per heavy atom. The van der Waals surface area contributed by atoms with Gasteiger partial charge in [0.05, 0.1) is 6.61 Å². The van der Waals surface area contributed by atoms with E-state index in [1.54, 1.807) is 7.11 Å². The molecule has 0 aromatic carbocycles. The molecule has 1 rings (SSSR count). The zero-order valence-electron chi connectivity index (χ0n) is 9.60. The monoisotopic (exact) mass is 236 g/mol. The molecular weight excluding hydrogens is 216 g/mol. The predicted octanol–water partition coefficient (Wildman–Crippen LogP) is 0.781. The fraction of sp³-hybridized carbons (Fsp3) is 0.900. The average molecular weight is 237 g/mol. The minimum absolute atomic E-state index is 0. The molecule has 90 valence electrons. The summed E-state index contributed by atoms with van der Waals surface area (Å²) in [7, 11) is 1.56. The summed E-state index contributed by atoms with van der Waals surface area (Å²) in [5.74, 6) is 0.0179. The van der Waals surface area contributed by atoms with Crippen molar-refractivity contribution in [3.8, 4) is 0 Å². The number of ether oxygens (including phenoxy) is 1. The van der Waals surface area contributed by atoms with Crippen molar-refractivity contribution in [2.24, 2.45) is 5.73 Å². The van der Waals surface area contributed by atoms with E-state index in [9.17, 15) is 4.79 Å². The molecule has 5 heteroatoms. The highest BCUT2D eigenvalue weighted by atomic mass is 35.5. The van der Waals surface area contributed by atoms with Crippen molar-refractivity contribution in [2.45, 2.75) is 44.8 Å². The molecule has 4 nitrogen and oxygen atoms in total. The fourth-order valence-electron chi connectivity index (χ4n) is 2.07. The van der Waals surface area contributed by atoms with E-state index in [4.69, 9.17) is 10.5 Å². The first-order valence-corrected chi connectivity index (χ1v) is 5.14. The summed E-state index contributed by atoms with van der Waals surface area (Å²) in [6.45, 7) is 4.44. The maximum atomic E-state index is 11.9. The molecule has 0 aliphatic carbocycles. The van der Waals surface area contributed by atoms with Crippen LogP contribution in [0.4, 0.5) is 0 Å². The summed E-state index contributed by atoms with van der Waals surface area (Å²) in [6, 6.07) is 0.129. The van der Waals surface area contributed by atoms with Crippen LogP contribution in [0.5, 0.6) is 0 Å². The highest BCUT2D eigenvalue weighted by Crippen LogP contribution is 2.23. The molecule has 0 aromatic rings. The number of methoxy groups -OCH3 is 1. The SMILES string of the molecule is COCC(N)C(=O)N1C(C)CCC1C.Cl. The van der Waals surface area contributed by atoms with Gasteiger partial charge in [0.1, 0.15) is 6.04 Å². The van der Waals surface area contributed by atoms with Crippen LogP contribution in [-0.2, 0) is 9.53 Å². The summed E-state index contributed by atoms with van der Waals surface area (Å²) in [5.41, 5.74) is 5.72. The van der Waals surface area contributed by atoms with Crippen LogP contribution in [0.25, 0.3) is 0 Å². The van der Waals surface area contributed by atoms with Gasteiger partial charge in [-0.1, -0.05) is 0 Å². The molecule has 1 aliphatic heterocycles. The van der Waals surface area contributed by atoms with Gasteiger partial charge in [-0.05, 0) is 26.7 Å². The number of carbonyl (C=O) groups is 1. The second-order valence-corrected chi connectivity index (χ2v) is 4.08. The molecule has 3 unspecified atom stereocenters. The Hall–Kier alpha value is -0.320. The topological polar surface area (TPSA) is 55.6 Å². The van der Waals surface area contributed by atoms with Crippen molar-refractivity contribution in [1.29, 1.82) is 0 Å². The zero-order chi connectivity index (χ0) is 10.7. The van der Waals surface area contributed by atoms with Crippen molar-refractivity contribution >= 4 is 18.3 Å². The number of nitrogens with two attached hydrogens (primary N) is 1. The van der Waals surface area contributed by atoms with Crippen molar-refractivity contribution in [3.05, 3.63) is 0 Å². The molecule has 0 radical (unpaired) electrons. The van der Waals surface area contributed by atoms with Crippen LogP contribution >= 0.6 is 12.4 Å². The number of likely N-dealkylation sites (tertiary alicyclic amines) is 1. The molecule has 1 aliphatic rings. The standard InChI is InChI=1S/C10H20N2O2.ClH/c1-7-4-5-8(2)12(7)10(13)9(11)6-14-3;/h7-9H,4-6,11H2,1-3H3;1H. The Morgan fingerprint density at radius 1 is 1.47 bits per heavy atom. The molecule has 15 heavy (non-hydrogen) atoms. The zero-order valence-corrected chi connectivity index (χ0v) is 10.4. The van der Waals surface area contributed by atoms with E-state index in [1.807, 2.05) is 4.90 Å². The van der Waals surface area contributed by atoms with E-state index in [1.165, 1.54) is 0 Å². The van der Waals surface area contributed by atoms with Gasteiger partial charge in [0, 0.05) is 19.2 Å². The van der Waals surface area contributed by atoms with E-state index in [0.717, 1.165) is 12.8 Å². The first-order valence-electron chi connectivity index (χ1n) is 5.14. The number of amides is 1. The number of hydrogen-bond acceptors (Lipinski definition) is 3. The van der Waals surface area contributed by atoms with Crippen LogP contribution in [0, 0.1) is 0 Å². The summed E-state index contributed by atoms with van der Waals surface area (Å²) < 4.78 is 4.88. The van der Waals surface area contributed by atoms with Gasteiger partial charge in [0.2, 0.25) is 5.91 Å². The van der Waals surface area contributed by atoms with Crippen molar-refractivity contribution in [2.75, 3.05) is 13.7 Å². The minimum Gasteiger partial charge on any atom is -0.383 e. The third kappa shape index (κ3) is 3.33. The summed E-state index contributed by atoms with van der Waals surface area (Å²) in [5, 5.41) is 0. The average Bonchev–Trinajstić information content (AvgIpc) is 2.46. The molecule has 1 fully saturated rings. The third-order valence-corrected chi connectivity index (χ3v) is 2.87. The second kappa shape index (κ2) is 6.30. The van der Waals surface area contributed by atoms with Crippen LogP contribution in [0.1, 0.15) is 26.7 Å². The Bertz CT molecular complexity index is 204. The Morgan fingerprint density at radius 3 is 2.33 bits per heavy atom. The molecule has 0 aromatic heterocycles. The molecule has 0 bridgehead atoms. The molecule has 3 atom stereocenters. The lowest BCUT2D eigenvalue weighted by Gasteiger charge is -2.28. The van der Waals surface area contributed by atoms with Crippen LogP contribution in [0.15, 0.2) is 0 Å². The first-order chi connectivity index (χ1) is 6.57. The van der Waals surface area contributed by atoms with Crippen molar-refractivity contribution in [1.82, 2.24) is 4.90 Å². The summed E-state index contributed by atoms with van der Waals surface area (Å²) >= 11 is 0. The van der Waals surface area contributed by atoms with Crippen LogP contribution in [0.2, 0.25) is 0 Å². The molecule has 0 spiro atoms. The minimum atomic E-state index is -0.511. The maximum absolute atomic E-state index is 11.9. The fourth-order valence-corrected chi connectivity index (χ4v) is 2.07. The van der Waals surface area contributed by atoms with Gasteiger partial charge < -0.3 is 15.4 Å². The molecule has 2 N–H and O–H groups in total. The van der Waals surface area contributed by atoms with Gasteiger partial charge in [-0.15, -0.1) is 12.4 Å². The second-order valence-electron chi connectivity index (χ2n) is 4.08. The number of halogens is 1. The Labute approximate surface area is 97.5 Å². The van der Waals surface area contributed by atoms with E-state index < -0.39 is 6.04 Å². The van der Waals surface area contributed by atoms with Crippen LogP contribution in [0.3, 0.4) is 0 Å². The van der Waals surface area contributed by atoms with E-state index >= 15 is 0 Å². The number of nitrogens with zero attached hydrogens (tertiary/aromatic N) is 1. The van der Waals surface area contributed by atoms with Gasteiger partial charge in [-0.2, -0.15) is 0 Å². The molecule has 0 saturated carbocycles. The molecule has 1 amide bonds. The molecule has 1 saturated heterocycles. The lowest BCUT2D eigenvalue weighted by Crippen LogP contribution is -2.49. The van der Waals surface area contributed by atoms with Crippen molar-refractivity contribution < 1.29 is 9.53 Å².